The second kappa shape index (κ2) is 8.46. The fraction of sp³-hybridized carbons (Fsp3) is 0.273. The molecule has 0 aliphatic carbocycles. The Balaban J connectivity index is 1.68. The van der Waals surface area contributed by atoms with Gasteiger partial charge in [0, 0.05) is 19.5 Å². The third-order valence-electron chi connectivity index (χ3n) is 4.22. The summed E-state index contributed by atoms with van der Waals surface area (Å²) in [4.78, 5) is 5.63. The highest BCUT2D eigenvalue weighted by atomic mass is 32.1. The molecule has 2 aromatic heterocycles. The molecule has 2 heteroatoms. The van der Waals surface area contributed by atoms with E-state index in [1.54, 1.807) is 0 Å². The number of rotatable bonds is 8. The first-order valence-electron chi connectivity index (χ1n) is 8.72. The Kier molecular flexibility index (Phi) is 6.06. The summed E-state index contributed by atoms with van der Waals surface area (Å²) in [6.45, 7) is 6.08. The number of aryl methyl sites for hydroxylation is 1. The van der Waals surface area contributed by atoms with Crippen LogP contribution in [0, 0.1) is 0 Å². The third-order valence-corrected chi connectivity index (χ3v) is 6.69. The summed E-state index contributed by atoms with van der Waals surface area (Å²) in [5, 5.41) is 0. The first kappa shape index (κ1) is 17.2. The maximum absolute atomic E-state index is 3.81. The zero-order valence-corrected chi connectivity index (χ0v) is 15.9. The maximum atomic E-state index is 3.81. The maximum Gasteiger partial charge on any atom is 0.0449 e. The van der Waals surface area contributed by atoms with Crippen molar-refractivity contribution in [2.45, 2.75) is 39.0 Å². The van der Waals surface area contributed by atoms with Crippen LogP contribution in [0.15, 0.2) is 55.1 Å². The smallest absolute Gasteiger partial charge is 0.0449 e. The molecule has 0 nitrogen and oxygen atoms in total. The molecule has 0 radical (unpaired) electrons. The molecule has 0 N–H and O–H groups in total. The molecule has 124 valence electrons. The summed E-state index contributed by atoms with van der Waals surface area (Å²) < 4.78 is 0. The van der Waals surface area contributed by atoms with Crippen LogP contribution in [-0.4, -0.2) is 0 Å². The highest BCUT2D eigenvalue weighted by Crippen LogP contribution is 2.38. The summed E-state index contributed by atoms with van der Waals surface area (Å²) in [7, 11) is 0. The van der Waals surface area contributed by atoms with Crippen LogP contribution in [0.25, 0.3) is 26.3 Å². The van der Waals surface area contributed by atoms with Crippen molar-refractivity contribution in [2.75, 3.05) is 0 Å². The van der Waals surface area contributed by atoms with Crippen LogP contribution in [0.5, 0.6) is 0 Å². The molecule has 3 aromatic rings. The molecule has 0 aliphatic rings. The van der Waals surface area contributed by atoms with Gasteiger partial charge in [-0.2, -0.15) is 0 Å². The number of hydrogen-bond acceptors (Lipinski definition) is 2. The van der Waals surface area contributed by atoms with E-state index in [9.17, 15) is 0 Å². The lowest BCUT2D eigenvalue weighted by Gasteiger charge is -1.98. The zero-order chi connectivity index (χ0) is 16.8. The SMILES string of the molecule is C=Cc1ccc(-c2ccc(-c3ccc(CCCCCC)s3)s2)cc1. The fourth-order valence-electron chi connectivity index (χ4n) is 2.78. The van der Waals surface area contributed by atoms with Crippen LogP contribution in [-0.2, 0) is 6.42 Å². The Morgan fingerprint density at radius 2 is 1.50 bits per heavy atom. The molecule has 0 spiro atoms. The predicted molar refractivity (Wildman–Crippen MR) is 111 cm³/mol. The summed E-state index contributed by atoms with van der Waals surface area (Å²) in [5.41, 5.74) is 2.45. The molecule has 0 unspecified atom stereocenters. The molecular formula is C22H24S2. The Bertz CT molecular complexity index is 774. The Hall–Kier alpha value is -1.64. The molecule has 2 heterocycles. The second-order valence-corrected chi connectivity index (χ2v) is 8.32. The molecule has 24 heavy (non-hydrogen) atoms. The largest absolute Gasteiger partial charge is 0.139 e. The molecule has 0 saturated carbocycles. The van der Waals surface area contributed by atoms with Gasteiger partial charge in [0.2, 0.25) is 0 Å². The predicted octanol–water partition coefficient (Wildman–Crippen LogP) is 7.91. The molecular weight excluding hydrogens is 328 g/mol. The minimum atomic E-state index is 1.17. The molecule has 0 saturated heterocycles. The van der Waals surface area contributed by atoms with Gasteiger partial charge in [0.05, 0.1) is 0 Å². The lowest BCUT2D eigenvalue weighted by molar-refractivity contribution is 0.670. The van der Waals surface area contributed by atoms with Crippen molar-refractivity contribution in [3.05, 3.63) is 65.6 Å². The van der Waals surface area contributed by atoms with Crippen molar-refractivity contribution in [2.24, 2.45) is 0 Å². The average Bonchev–Trinajstić information content (AvgIpc) is 3.28. The van der Waals surface area contributed by atoms with Gasteiger partial charge in [-0.25, -0.2) is 0 Å². The van der Waals surface area contributed by atoms with Gasteiger partial charge in [-0.3, -0.25) is 0 Å². The molecule has 0 amide bonds. The fourth-order valence-corrected chi connectivity index (χ4v) is 4.93. The highest BCUT2D eigenvalue weighted by molar-refractivity contribution is 7.23. The monoisotopic (exact) mass is 352 g/mol. The molecule has 0 bridgehead atoms. The van der Waals surface area contributed by atoms with Gasteiger partial charge in [0.25, 0.3) is 0 Å². The van der Waals surface area contributed by atoms with Crippen molar-refractivity contribution >= 4 is 28.7 Å². The summed E-state index contributed by atoms with van der Waals surface area (Å²) in [6.07, 6.45) is 8.45. The normalized spacial score (nSPS) is 10.9. The number of benzene rings is 1. The molecule has 0 atom stereocenters. The van der Waals surface area contributed by atoms with Crippen molar-refractivity contribution < 1.29 is 0 Å². The van der Waals surface area contributed by atoms with E-state index in [1.807, 2.05) is 28.7 Å². The van der Waals surface area contributed by atoms with E-state index >= 15 is 0 Å². The van der Waals surface area contributed by atoms with Crippen LogP contribution >= 0.6 is 22.7 Å². The Morgan fingerprint density at radius 1 is 0.792 bits per heavy atom. The van der Waals surface area contributed by atoms with E-state index in [2.05, 4.69) is 62.0 Å². The van der Waals surface area contributed by atoms with E-state index in [-0.39, 0.29) is 0 Å². The lowest BCUT2D eigenvalue weighted by atomic mass is 10.1. The second-order valence-electron chi connectivity index (χ2n) is 6.07. The zero-order valence-electron chi connectivity index (χ0n) is 14.3. The average molecular weight is 353 g/mol. The molecule has 0 fully saturated rings. The summed E-state index contributed by atoms with van der Waals surface area (Å²) in [5.74, 6) is 0. The number of hydrogen-bond donors (Lipinski definition) is 0. The number of thiophene rings is 2. The number of unbranched alkanes of at least 4 members (excludes halogenated alkanes) is 3. The standard InChI is InChI=1S/C22H24S2/c1-3-5-6-7-8-19-13-14-21(23-19)22-16-15-20(24-22)18-11-9-17(4-2)10-12-18/h4,9-16H,2-3,5-8H2,1H3. The van der Waals surface area contributed by atoms with Gasteiger partial charge < -0.3 is 0 Å². The van der Waals surface area contributed by atoms with Crippen LogP contribution in [0.4, 0.5) is 0 Å². The van der Waals surface area contributed by atoms with E-state index in [0.717, 1.165) is 0 Å². The van der Waals surface area contributed by atoms with E-state index < -0.39 is 0 Å². The van der Waals surface area contributed by atoms with Gasteiger partial charge in [-0.05, 0) is 48.2 Å². The van der Waals surface area contributed by atoms with Gasteiger partial charge >= 0.3 is 0 Å². The van der Waals surface area contributed by atoms with Gasteiger partial charge in [-0.15, -0.1) is 22.7 Å². The highest BCUT2D eigenvalue weighted by Gasteiger charge is 2.08. The van der Waals surface area contributed by atoms with Crippen LogP contribution in [0.3, 0.4) is 0 Å². The van der Waals surface area contributed by atoms with Crippen molar-refractivity contribution in [3.63, 3.8) is 0 Å². The Labute approximate surface area is 153 Å². The van der Waals surface area contributed by atoms with Gasteiger partial charge in [0.15, 0.2) is 0 Å². The molecule has 1 aromatic carbocycles. The molecule has 3 rings (SSSR count). The summed E-state index contributed by atoms with van der Waals surface area (Å²) >= 11 is 3.84. The van der Waals surface area contributed by atoms with Crippen LogP contribution < -0.4 is 0 Å². The van der Waals surface area contributed by atoms with Gasteiger partial charge in [-0.1, -0.05) is 63.1 Å². The minimum absolute atomic E-state index is 1.17. The van der Waals surface area contributed by atoms with E-state index in [1.165, 1.54) is 62.7 Å². The summed E-state index contributed by atoms with van der Waals surface area (Å²) in [6, 6.07) is 17.7. The lowest BCUT2D eigenvalue weighted by Crippen LogP contribution is -1.80. The van der Waals surface area contributed by atoms with Crippen LogP contribution in [0.1, 0.15) is 43.0 Å². The first-order chi connectivity index (χ1) is 11.8. The van der Waals surface area contributed by atoms with Crippen molar-refractivity contribution in [1.29, 1.82) is 0 Å². The van der Waals surface area contributed by atoms with Crippen LogP contribution in [0.2, 0.25) is 0 Å². The quantitative estimate of drug-likeness (QED) is 0.361. The third kappa shape index (κ3) is 4.25. The van der Waals surface area contributed by atoms with E-state index in [0.29, 0.717) is 0 Å². The molecule has 0 aliphatic heterocycles. The van der Waals surface area contributed by atoms with Crippen molar-refractivity contribution in [1.82, 2.24) is 0 Å². The van der Waals surface area contributed by atoms with Gasteiger partial charge in [0.1, 0.15) is 0 Å². The van der Waals surface area contributed by atoms with Crippen molar-refractivity contribution in [3.8, 4) is 20.2 Å². The first-order valence-corrected chi connectivity index (χ1v) is 10.3. The van der Waals surface area contributed by atoms with E-state index in [4.69, 9.17) is 0 Å². The minimum Gasteiger partial charge on any atom is -0.139 e. The topological polar surface area (TPSA) is 0 Å². The Morgan fingerprint density at radius 3 is 2.25 bits per heavy atom.